The van der Waals surface area contributed by atoms with Gasteiger partial charge in [0, 0.05) is 10.7 Å². The maximum atomic E-state index is 13.6. The predicted molar refractivity (Wildman–Crippen MR) is 128 cm³/mol. The number of hydrogen-bond donors (Lipinski definition) is 1. The molecule has 32 heavy (non-hydrogen) atoms. The molecule has 0 aliphatic rings. The van der Waals surface area contributed by atoms with Crippen molar-refractivity contribution in [2.24, 2.45) is 0 Å². The molecule has 1 N–H and O–H groups in total. The van der Waals surface area contributed by atoms with Crippen LogP contribution in [0.4, 0.5) is 11.4 Å². The summed E-state index contributed by atoms with van der Waals surface area (Å²) in [5, 5.41) is 3.25. The van der Waals surface area contributed by atoms with Crippen molar-refractivity contribution >= 4 is 38.9 Å². The number of carbonyl (C=O) groups is 1. The summed E-state index contributed by atoms with van der Waals surface area (Å²) in [5.74, 6) is -0.0935. The number of nitrogens with zero attached hydrogens (tertiary/aromatic N) is 1. The topological polar surface area (TPSA) is 75.7 Å². The molecular formula is C24H25ClN2O4S. The third-order valence-electron chi connectivity index (χ3n) is 4.79. The summed E-state index contributed by atoms with van der Waals surface area (Å²) in [6, 6.07) is 20.0. The van der Waals surface area contributed by atoms with E-state index in [2.05, 4.69) is 5.32 Å². The van der Waals surface area contributed by atoms with Crippen molar-refractivity contribution < 1.29 is 17.9 Å². The van der Waals surface area contributed by atoms with Crippen LogP contribution in [0.25, 0.3) is 0 Å². The Hall–Kier alpha value is -3.03. The lowest BCUT2D eigenvalue weighted by Crippen LogP contribution is -2.38. The number of amides is 1. The third kappa shape index (κ3) is 5.41. The standard InChI is InChI=1S/C24H25ClN2O4S/c1-3-18-9-5-6-10-21(18)26-24(28)17-27(22-11-7-8-12-23(22)31-4-2)32(29,30)20-15-13-19(25)14-16-20/h5-16H,3-4,17H2,1-2H3,(H,26,28). The van der Waals surface area contributed by atoms with Gasteiger partial charge in [-0.3, -0.25) is 9.10 Å². The second-order valence-electron chi connectivity index (χ2n) is 6.93. The van der Waals surface area contributed by atoms with E-state index in [1.54, 1.807) is 30.3 Å². The molecule has 0 saturated carbocycles. The van der Waals surface area contributed by atoms with Crippen molar-refractivity contribution in [1.82, 2.24) is 0 Å². The summed E-state index contributed by atoms with van der Waals surface area (Å²) in [7, 11) is -4.08. The summed E-state index contributed by atoms with van der Waals surface area (Å²) in [6.45, 7) is 3.72. The number of sulfonamides is 1. The Labute approximate surface area is 193 Å². The van der Waals surface area contributed by atoms with Crippen molar-refractivity contribution in [2.75, 3.05) is 22.8 Å². The first kappa shape index (κ1) is 23.6. The minimum atomic E-state index is -4.08. The van der Waals surface area contributed by atoms with Crippen molar-refractivity contribution in [2.45, 2.75) is 25.2 Å². The molecule has 0 aromatic heterocycles. The second-order valence-corrected chi connectivity index (χ2v) is 9.22. The summed E-state index contributed by atoms with van der Waals surface area (Å²) < 4.78 is 33.8. The molecule has 0 saturated heterocycles. The lowest BCUT2D eigenvalue weighted by Gasteiger charge is -2.26. The number of aryl methyl sites for hydroxylation is 1. The van der Waals surface area contributed by atoms with Crippen LogP contribution >= 0.6 is 11.6 Å². The average Bonchev–Trinajstić information content (AvgIpc) is 2.79. The Morgan fingerprint density at radius 2 is 1.62 bits per heavy atom. The van der Waals surface area contributed by atoms with Crippen LogP contribution in [0.5, 0.6) is 5.75 Å². The molecule has 0 atom stereocenters. The first-order valence-electron chi connectivity index (χ1n) is 10.2. The fourth-order valence-corrected chi connectivity index (χ4v) is 4.80. The van der Waals surface area contributed by atoms with Gasteiger partial charge in [0.2, 0.25) is 5.91 Å². The molecule has 168 valence electrons. The molecule has 8 heteroatoms. The maximum Gasteiger partial charge on any atom is 0.264 e. The minimum absolute atomic E-state index is 0.0231. The van der Waals surface area contributed by atoms with E-state index in [1.807, 2.05) is 32.0 Å². The van der Waals surface area contributed by atoms with Crippen molar-refractivity contribution in [1.29, 1.82) is 0 Å². The molecule has 1 amide bonds. The SMILES string of the molecule is CCOc1ccccc1N(CC(=O)Nc1ccccc1CC)S(=O)(=O)c1ccc(Cl)cc1. The van der Waals surface area contributed by atoms with Crippen LogP contribution in [0, 0.1) is 0 Å². The van der Waals surface area contributed by atoms with Gasteiger partial charge in [-0.05, 0) is 61.4 Å². The van der Waals surface area contributed by atoms with Crippen LogP contribution in [0.1, 0.15) is 19.4 Å². The number of carbonyl (C=O) groups excluding carboxylic acids is 1. The molecule has 3 rings (SSSR count). The van der Waals surface area contributed by atoms with Gasteiger partial charge in [0.15, 0.2) is 0 Å². The molecule has 0 unspecified atom stereocenters. The van der Waals surface area contributed by atoms with Gasteiger partial charge in [-0.25, -0.2) is 8.42 Å². The van der Waals surface area contributed by atoms with Crippen LogP contribution in [-0.4, -0.2) is 27.5 Å². The Bertz CT molecular complexity index is 1180. The van der Waals surface area contributed by atoms with E-state index >= 15 is 0 Å². The summed E-state index contributed by atoms with van der Waals surface area (Å²) in [6.07, 6.45) is 0.733. The van der Waals surface area contributed by atoms with Crippen molar-refractivity contribution in [3.63, 3.8) is 0 Å². The van der Waals surface area contributed by atoms with Crippen molar-refractivity contribution in [3.8, 4) is 5.75 Å². The highest BCUT2D eigenvalue weighted by Crippen LogP contribution is 2.33. The van der Waals surface area contributed by atoms with Crippen LogP contribution in [0.2, 0.25) is 5.02 Å². The summed E-state index contributed by atoms with van der Waals surface area (Å²) in [4.78, 5) is 13.0. The third-order valence-corrected chi connectivity index (χ3v) is 6.82. The van der Waals surface area contributed by atoms with E-state index in [0.29, 0.717) is 23.1 Å². The number of halogens is 1. The zero-order valence-electron chi connectivity index (χ0n) is 17.9. The number of anilines is 2. The zero-order chi connectivity index (χ0) is 23.1. The summed E-state index contributed by atoms with van der Waals surface area (Å²) >= 11 is 5.94. The highest BCUT2D eigenvalue weighted by Gasteiger charge is 2.29. The van der Waals surface area contributed by atoms with Gasteiger partial charge in [-0.1, -0.05) is 48.9 Å². The maximum absolute atomic E-state index is 13.6. The second kappa shape index (κ2) is 10.5. The number of benzene rings is 3. The van der Waals surface area contributed by atoms with Gasteiger partial charge in [-0.2, -0.15) is 0 Å². The highest BCUT2D eigenvalue weighted by molar-refractivity contribution is 7.92. The van der Waals surface area contributed by atoms with Crippen LogP contribution in [-0.2, 0) is 21.2 Å². The minimum Gasteiger partial charge on any atom is -0.492 e. The smallest absolute Gasteiger partial charge is 0.264 e. The molecule has 3 aromatic rings. The first-order valence-corrected chi connectivity index (χ1v) is 12.1. The lowest BCUT2D eigenvalue weighted by molar-refractivity contribution is -0.114. The average molecular weight is 473 g/mol. The van der Waals surface area contributed by atoms with Gasteiger partial charge in [0.25, 0.3) is 10.0 Å². The van der Waals surface area contributed by atoms with Crippen LogP contribution in [0.15, 0.2) is 77.7 Å². The zero-order valence-corrected chi connectivity index (χ0v) is 19.5. The molecule has 0 fully saturated rings. The molecule has 3 aromatic carbocycles. The van der Waals surface area contributed by atoms with Crippen LogP contribution < -0.4 is 14.4 Å². The molecule has 0 heterocycles. The van der Waals surface area contributed by atoms with E-state index in [0.717, 1.165) is 16.3 Å². The normalized spacial score (nSPS) is 11.1. The fourth-order valence-electron chi connectivity index (χ4n) is 3.24. The molecule has 0 aliphatic carbocycles. The van der Waals surface area contributed by atoms with E-state index in [1.165, 1.54) is 24.3 Å². The highest BCUT2D eigenvalue weighted by atomic mass is 35.5. The Kier molecular flexibility index (Phi) is 7.77. The van der Waals surface area contributed by atoms with Gasteiger partial charge in [0.1, 0.15) is 12.3 Å². The lowest BCUT2D eigenvalue weighted by atomic mass is 10.1. The fraction of sp³-hybridized carbons (Fsp3) is 0.208. The van der Waals surface area contributed by atoms with Crippen LogP contribution in [0.3, 0.4) is 0 Å². The monoisotopic (exact) mass is 472 g/mol. The Balaban J connectivity index is 2.01. The van der Waals surface area contributed by atoms with Gasteiger partial charge in [0.05, 0.1) is 17.2 Å². The predicted octanol–water partition coefficient (Wildman–Crippen LogP) is 5.14. The van der Waals surface area contributed by atoms with Crippen molar-refractivity contribution in [3.05, 3.63) is 83.4 Å². The number of nitrogens with one attached hydrogen (secondary N) is 1. The van der Waals surface area contributed by atoms with Gasteiger partial charge >= 0.3 is 0 Å². The summed E-state index contributed by atoms with van der Waals surface area (Å²) in [5.41, 5.74) is 1.90. The number of ether oxygens (including phenoxy) is 1. The number of para-hydroxylation sites is 3. The largest absolute Gasteiger partial charge is 0.492 e. The quantitative estimate of drug-likeness (QED) is 0.468. The first-order chi connectivity index (χ1) is 15.4. The van der Waals surface area contributed by atoms with E-state index < -0.39 is 22.5 Å². The number of rotatable bonds is 9. The molecule has 0 spiro atoms. The molecule has 0 aliphatic heterocycles. The van der Waals surface area contributed by atoms with E-state index in [-0.39, 0.29) is 10.6 Å². The molecule has 0 bridgehead atoms. The Morgan fingerprint density at radius 1 is 0.969 bits per heavy atom. The number of hydrogen-bond acceptors (Lipinski definition) is 4. The Morgan fingerprint density at radius 3 is 2.31 bits per heavy atom. The molecule has 6 nitrogen and oxygen atoms in total. The van der Waals surface area contributed by atoms with Gasteiger partial charge in [-0.15, -0.1) is 0 Å². The molecular weight excluding hydrogens is 448 g/mol. The van der Waals surface area contributed by atoms with E-state index in [4.69, 9.17) is 16.3 Å². The molecule has 0 radical (unpaired) electrons. The van der Waals surface area contributed by atoms with Gasteiger partial charge < -0.3 is 10.1 Å². The van der Waals surface area contributed by atoms with E-state index in [9.17, 15) is 13.2 Å².